The predicted octanol–water partition coefficient (Wildman–Crippen LogP) is 4.01. The lowest BCUT2D eigenvalue weighted by molar-refractivity contribution is 0.467. The molecule has 0 aliphatic heterocycles. The van der Waals surface area contributed by atoms with Crippen molar-refractivity contribution < 1.29 is 0 Å². The molecule has 0 aliphatic carbocycles. The van der Waals surface area contributed by atoms with Gasteiger partial charge in [-0.25, -0.2) is 4.98 Å². The van der Waals surface area contributed by atoms with Crippen molar-refractivity contribution in [3.8, 4) is 0 Å². The van der Waals surface area contributed by atoms with E-state index in [1.54, 1.807) is 0 Å². The molecule has 0 aromatic carbocycles. The Hall–Kier alpha value is -0.760. The van der Waals surface area contributed by atoms with Crippen LogP contribution >= 0.6 is 11.6 Å². The Kier molecular flexibility index (Phi) is 4.81. The zero-order valence-corrected chi connectivity index (χ0v) is 12.3. The normalized spacial score (nSPS) is 11.6. The highest BCUT2D eigenvalue weighted by Gasteiger charge is 2.22. The number of hydrogen-bond donors (Lipinski definition) is 0. The SMILES string of the molecule is CCc1cc(CCl)cc(N(C)C(C)(C)CC)n1. The van der Waals surface area contributed by atoms with Gasteiger partial charge >= 0.3 is 0 Å². The van der Waals surface area contributed by atoms with Crippen molar-refractivity contribution in [3.05, 3.63) is 23.4 Å². The van der Waals surface area contributed by atoms with E-state index in [1.165, 1.54) is 0 Å². The van der Waals surface area contributed by atoms with Crippen molar-refractivity contribution >= 4 is 17.4 Å². The van der Waals surface area contributed by atoms with E-state index in [0.717, 1.165) is 29.9 Å². The summed E-state index contributed by atoms with van der Waals surface area (Å²) in [5, 5.41) is 0. The van der Waals surface area contributed by atoms with Crippen molar-refractivity contribution in [2.24, 2.45) is 0 Å². The summed E-state index contributed by atoms with van der Waals surface area (Å²) in [5.74, 6) is 1.56. The van der Waals surface area contributed by atoms with Gasteiger partial charge in [-0.15, -0.1) is 11.6 Å². The van der Waals surface area contributed by atoms with Gasteiger partial charge in [-0.1, -0.05) is 13.8 Å². The molecule has 0 radical (unpaired) electrons. The van der Waals surface area contributed by atoms with Crippen LogP contribution < -0.4 is 4.90 Å². The molecule has 0 spiro atoms. The fourth-order valence-electron chi connectivity index (χ4n) is 1.61. The van der Waals surface area contributed by atoms with E-state index >= 15 is 0 Å². The summed E-state index contributed by atoms with van der Waals surface area (Å²) in [5.41, 5.74) is 2.37. The highest BCUT2D eigenvalue weighted by atomic mass is 35.5. The maximum Gasteiger partial charge on any atom is 0.129 e. The molecule has 3 heteroatoms. The Morgan fingerprint density at radius 3 is 2.41 bits per heavy atom. The number of anilines is 1. The molecule has 0 bridgehead atoms. The number of pyridine rings is 1. The second kappa shape index (κ2) is 5.72. The Labute approximate surface area is 110 Å². The fourth-order valence-corrected chi connectivity index (χ4v) is 1.76. The molecule has 96 valence electrons. The van der Waals surface area contributed by atoms with Gasteiger partial charge in [-0.05, 0) is 44.4 Å². The zero-order valence-electron chi connectivity index (χ0n) is 11.5. The number of aryl methyl sites for hydroxylation is 1. The van der Waals surface area contributed by atoms with Gasteiger partial charge in [0.2, 0.25) is 0 Å². The van der Waals surface area contributed by atoms with Gasteiger partial charge in [0.05, 0.1) is 0 Å². The van der Waals surface area contributed by atoms with Gasteiger partial charge in [-0.2, -0.15) is 0 Å². The molecule has 1 rings (SSSR count). The molecule has 1 heterocycles. The third-order valence-electron chi connectivity index (χ3n) is 3.56. The lowest BCUT2D eigenvalue weighted by atomic mass is 10.00. The molecule has 0 saturated carbocycles. The van der Waals surface area contributed by atoms with Crippen LogP contribution in [0.4, 0.5) is 5.82 Å². The maximum absolute atomic E-state index is 5.93. The van der Waals surface area contributed by atoms with Crippen LogP contribution in [-0.2, 0) is 12.3 Å². The van der Waals surface area contributed by atoms with E-state index in [-0.39, 0.29) is 5.54 Å². The fraction of sp³-hybridized carbons (Fsp3) is 0.643. The molecule has 1 aromatic rings. The van der Waals surface area contributed by atoms with E-state index in [4.69, 9.17) is 11.6 Å². The van der Waals surface area contributed by atoms with Gasteiger partial charge < -0.3 is 4.90 Å². The molecule has 17 heavy (non-hydrogen) atoms. The molecule has 0 amide bonds. The first-order chi connectivity index (χ1) is 7.94. The van der Waals surface area contributed by atoms with Gasteiger partial charge in [-0.3, -0.25) is 0 Å². The summed E-state index contributed by atoms with van der Waals surface area (Å²) >= 11 is 5.93. The second-order valence-electron chi connectivity index (χ2n) is 5.04. The van der Waals surface area contributed by atoms with Gasteiger partial charge in [0.1, 0.15) is 5.82 Å². The summed E-state index contributed by atoms with van der Waals surface area (Å²) in [4.78, 5) is 6.92. The molecule has 0 aliphatic rings. The van der Waals surface area contributed by atoms with Crippen molar-refractivity contribution in [1.29, 1.82) is 0 Å². The number of aromatic nitrogens is 1. The number of hydrogen-bond acceptors (Lipinski definition) is 2. The molecular weight excluding hydrogens is 232 g/mol. The first-order valence-electron chi connectivity index (χ1n) is 6.24. The summed E-state index contributed by atoms with van der Waals surface area (Å²) < 4.78 is 0. The first kappa shape index (κ1) is 14.3. The number of alkyl halides is 1. The molecule has 0 fully saturated rings. The van der Waals surface area contributed by atoms with Crippen LogP contribution in [0.1, 0.15) is 45.4 Å². The first-order valence-corrected chi connectivity index (χ1v) is 6.77. The van der Waals surface area contributed by atoms with E-state index < -0.39 is 0 Å². The van der Waals surface area contributed by atoms with E-state index in [0.29, 0.717) is 5.88 Å². The molecule has 0 atom stereocenters. The highest BCUT2D eigenvalue weighted by Crippen LogP contribution is 2.25. The molecule has 0 unspecified atom stereocenters. The standard InChI is InChI=1S/C14H23ClN2/c1-6-12-8-11(10-15)9-13(16-12)17(5)14(3,4)7-2/h8-9H,6-7,10H2,1-5H3. The minimum Gasteiger partial charge on any atom is -0.355 e. The lowest BCUT2D eigenvalue weighted by Crippen LogP contribution is -2.41. The van der Waals surface area contributed by atoms with Crippen molar-refractivity contribution in [3.63, 3.8) is 0 Å². The van der Waals surface area contributed by atoms with Crippen LogP contribution in [0, 0.1) is 0 Å². The summed E-state index contributed by atoms with van der Waals surface area (Å²) in [7, 11) is 2.10. The smallest absolute Gasteiger partial charge is 0.129 e. The zero-order chi connectivity index (χ0) is 13.1. The largest absolute Gasteiger partial charge is 0.355 e. The summed E-state index contributed by atoms with van der Waals surface area (Å²) in [6.07, 6.45) is 2.02. The molecule has 2 nitrogen and oxygen atoms in total. The summed E-state index contributed by atoms with van der Waals surface area (Å²) in [6, 6.07) is 4.17. The van der Waals surface area contributed by atoms with Crippen LogP contribution in [-0.4, -0.2) is 17.6 Å². The van der Waals surface area contributed by atoms with Crippen LogP contribution in [0.15, 0.2) is 12.1 Å². The third-order valence-corrected chi connectivity index (χ3v) is 3.87. The Bertz CT molecular complexity index is 352. The molecule has 0 saturated heterocycles. The van der Waals surface area contributed by atoms with Crippen LogP contribution in [0.3, 0.4) is 0 Å². The minimum atomic E-state index is 0.114. The van der Waals surface area contributed by atoms with Crippen molar-refractivity contribution in [2.75, 3.05) is 11.9 Å². The average Bonchev–Trinajstić information content (AvgIpc) is 2.36. The van der Waals surface area contributed by atoms with Crippen LogP contribution in [0.25, 0.3) is 0 Å². The van der Waals surface area contributed by atoms with Crippen molar-refractivity contribution in [2.45, 2.75) is 52.0 Å². The number of nitrogens with zero attached hydrogens (tertiary/aromatic N) is 2. The second-order valence-corrected chi connectivity index (χ2v) is 5.30. The topological polar surface area (TPSA) is 16.1 Å². The highest BCUT2D eigenvalue weighted by molar-refractivity contribution is 6.17. The molecule has 1 aromatic heterocycles. The van der Waals surface area contributed by atoms with Gasteiger partial charge in [0, 0.05) is 24.2 Å². The third kappa shape index (κ3) is 3.35. The number of halogens is 1. The Morgan fingerprint density at radius 2 is 1.94 bits per heavy atom. The van der Waals surface area contributed by atoms with E-state index in [9.17, 15) is 0 Å². The van der Waals surface area contributed by atoms with Crippen molar-refractivity contribution in [1.82, 2.24) is 4.98 Å². The Balaban J connectivity index is 3.12. The molecule has 0 N–H and O–H groups in total. The average molecular weight is 255 g/mol. The quantitative estimate of drug-likeness (QED) is 0.739. The van der Waals surface area contributed by atoms with Gasteiger partial charge in [0.15, 0.2) is 0 Å². The number of rotatable bonds is 5. The van der Waals surface area contributed by atoms with Gasteiger partial charge in [0.25, 0.3) is 0 Å². The Morgan fingerprint density at radius 1 is 1.29 bits per heavy atom. The monoisotopic (exact) mass is 254 g/mol. The van der Waals surface area contributed by atoms with Crippen LogP contribution in [0.2, 0.25) is 0 Å². The minimum absolute atomic E-state index is 0.114. The van der Waals surface area contributed by atoms with Crippen LogP contribution in [0.5, 0.6) is 0 Å². The predicted molar refractivity (Wildman–Crippen MR) is 75.9 cm³/mol. The van der Waals surface area contributed by atoms with E-state index in [2.05, 4.69) is 56.8 Å². The lowest BCUT2D eigenvalue weighted by Gasteiger charge is -2.36. The molecular formula is C14H23ClN2. The summed E-state index contributed by atoms with van der Waals surface area (Å²) in [6.45, 7) is 8.78. The maximum atomic E-state index is 5.93. The van der Waals surface area contributed by atoms with E-state index in [1.807, 2.05) is 0 Å².